The van der Waals surface area contributed by atoms with Gasteiger partial charge in [-0.1, -0.05) is 30.3 Å². The van der Waals surface area contributed by atoms with Crippen LogP contribution in [0.15, 0.2) is 65.5 Å². The number of rotatable bonds is 6. The Morgan fingerprint density at radius 1 is 1.07 bits per heavy atom. The van der Waals surface area contributed by atoms with Gasteiger partial charge in [0.25, 0.3) is 5.56 Å². The Labute approximate surface area is 172 Å². The number of nitrogens with zero attached hydrogens (tertiary/aromatic N) is 4. The predicted octanol–water partition coefficient (Wildman–Crippen LogP) is 2.19. The summed E-state index contributed by atoms with van der Waals surface area (Å²) in [6.07, 6.45) is 0. The average Bonchev–Trinajstić information content (AvgIpc) is 3.23. The number of amides is 1. The van der Waals surface area contributed by atoms with Gasteiger partial charge in [-0.25, -0.2) is 9.20 Å². The highest BCUT2D eigenvalue weighted by molar-refractivity contribution is 5.75. The van der Waals surface area contributed by atoms with Gasteiger partial charge in [0.2, 0.25) is 5.91 Å². The van der Waals surface area contributed by atoms with Crippen LogP contribution in [0, 0.1) is 6.92 Å². The SMILES string of the molecule is COc1ccc(-c2cc3c(=O)n(CC(=O)NCc4ccccc4)nc(C)n3n2)cc1. The van der Waals surface area contributed by atoms with Gasteiger partial charge in [-0.2, -0.15) is 10.2 Å². The lowest BCUT2D eigenvalue weighted by Crippen LogP contribution is -2.34. The molecule has 30 heavy (non-hydrogen) atoms. The van der Waals surface area contributed by atoms with E-state index < -0.39 is 0 Å². The highest BCUT2D eigenvalue weighted by Gasteiger charge is 2.14. The van der Waals surface area contributed by atoms with Crippen LogP contribution < -0.4 is 15.6 Å². The number of aromatic nitrogens is 4. The van der Waals surface area contributed by atoms with Crippen molar-refractivity contribution in [2.45, 2.75) is 20.0 Å². The summed E-state index contributed by atoms with van der Waals surface area (Å²) in [4.78, 5) is 25.2. The standard InChI is InChI=1S/C22H21N5O3/c1-15-24-26(14-21(28)23-13-16-6-4-3-5-7-16)22(29)20-12-19(25-27(15)20)17-8-10-18(30-2)11-9-17/h3-12H,13-14H2,1-2H3,(H,23,28). The largest absolute Gasteiger partial charge is 0.497 e. The highest BCUT2D eigenvalue weighted by atomic mass is 16.5. The van der Waals surface area contributed by atoms with Crippen molar-refractivity contribution in [2.24, 2.45) is 0 Å². The quantitative estimate of drug-likeness (QED) is 0.533. The van der Waals surface area contributed by atoms with E-state index in [0.717, 1.165) is 16.9 Å². The fourth-order valence-corrected chi connectivity index (χ4v) is 3.17. The van der Waals surface area contributed by atoms with E-state index in [9.17, 15) is 9.59 Å². The Hall–Kier alpha value is -3.94. The van der Waals surface area contributed by atoms with Crippen molar-refractivity contribution in [3.63, 3.8) is 0 Å². The van der Waals surface area contributed by atoms with Crippen molar-refractivity contribution in [1.29, 1.82) is 0 Å². The third kappa shape index (κ3) is 3.93. The molecule has 2 heterocycles. The van der Waals surface area contributed by atoms with Gasteiger partial charge >= 0.3 is 0 Å². The van der Waals surface area contributed by atoms with Crippen LogP contribution in [0.2, 0.25) is 0 Å². The minimum atomic E-state index is -0.372. The number of aryl methyl sites for hydroxylation is 1. The van der Waals surface area contributed by atoms with E-state index in [1.54, 1.807) is 20.1 Å². The lowest BCUT2D eigenvalue weighted by Gasteiger charge is -2.08. The summed E-state index contributed by atoms with van der Waals surface area (Å²) in [5.74, 6) is 0.969. The van der Waals surface area contributed by atoms with Crippen LogP contribution in [0.5, 0.6) is 5.75 Å². The zero-order chi connectivity index (χ0) is 21.1. The molecule has 8 heteroatoms. The minimum absolute atomic E-state index is 0.161. The summed E-state index contributed by atoms with van der Waals surface area (Å²) in [7, 11) is 1.60. The first-order valence-corrected chi connectivity index (χ1v) is 9.47. The highest BCUT2D eigenvalue weighted by Crippen LogP contribution is 2.21. The predicted molar refractivity (Wildman–Crippen MR) is 112 cm³/mol. The fourth-order valence-electron chi connectivity index (χ4n) is 3.17. The molecule has 0 bridgehead atoms. The minimum Gasteiger partial charge on any atom is -0.497 e. The number of benzene rings is 2. The zero-order valence-corrected chi connectivity index (χ0v) is 16.7. The van der Waals surface area contributed by atoms with Gasteiger partial charge in [0.05, 0.1) is 12.8 Å². The van der Waals surface area contributed by atoms with Crippen molar-refractivity contribution < 1.29 is 9.53 Å². The molecule has 2 aromatic carbocycles. The molecule has 4 rings (SSSR count). The molecule has 0 saturated carbocycles. The van der Waals surface area contributed by atoms with E-state index in [2.05, 4.69) is 15.5 Å². The molecular weight excluding hydrogens is 382 g/mol. The van der Waals surface area contributed by atoms with E-state index in [0.29, 0.717) is 23.6 Å². The smallest absolute Gasteiger partial charge is 0.293 e. The monoisotopic (exact) mass is 403 g/mol. The Balaban J connectivity index is 1.58. The summed E-state index contributed by atoms with van der Waals surface area (Å²) < 4.78 is 7.85. The molecule has 0 atom stereocenters. The van der Waals surface area contributed by atoms with Crippen molar-refractivity contribution in [3.8, 4) is 17.0 Å². The summed E-state index contributed by atoms with van der Waals surface area (Å²) in [6.45, 7) is 1.98. The number of hydrogen-bond donors (Lipinski definition) is 1. The van der Waals surface area contributed by atoms with Crippen LogP contribution >= 0.6 is 0 Å². The summed E-state index contributed by atoms with van der Waals surface area (Å²) in [5, 5.41) is 11.6. The van der Waals surface area contributed by atoms with Gasteiger partial charge in [-0.15, -0.1) is 0 Å². The van der Waals surface area contributed by atoms with Gasteiger partial charge in [-0.3, -0.25) is 9.59 Å². The lowest BCUT2D eigenvalue weighted by molar-refractivity contribution is -0.122. The molecule has 1 N–H and O–H groups in total. The van der Waals surface area contributed by atoms with Gasteiger partial charge in [0, 0.05) is 12.1 Å². The molecule has 0 aliphatic carbocycles. The maximum atomic E-state index is 12.9. The normalized spacial score (nSPS) is 10.9. The molecular formula is C22H21N5O3. The first kappa shape index (κ1) is 19.4. The number of ether oxygens (including phenoxy) is 1. The number of carbonyl (C=O) groups excluding carboxylic acids is 1. The molecule has 4 aromatic rings. The van der Waals surface area contributed by atoms with Crippen molar-refractivity contribution in [3.05, 3.63) is 82.4 Å². The van der Waals surface area contributed by atoms with Crippen LogP contribution in [0.4, 0.5) is 0 Å². The average molecular weight is 403 g/mol. The van der Waals surface area contributed by atoms with Crippen molar-refractivity contribution in [1.82, 2.24) is 24.7 Å². The Bertz CT molecular complexity index is 1240. The number of nitrogens with one attached hydrogen (secondary N) is 1. The fraction of sp³-hybridized carbons (Fsp3) is 0.182. The second kappa shape index (κ2) is 8.20. The van der Waals surface area contributed by atoms with Gasteiger partial charge < -0.3 is 10.1 Å². The van der Waals surface area contributed by atoms with E-state index in [4.69, 9.17) is 4.74 Å². The number of hydrogen-bond acceptors (Lipinski definition) is 5. The molecule has 2 aromatic heterocycles. The van der Waals surface area contributed by atoms with Crippen LogP contribution in [-0.4, -0.2) is 32.4 Å². The van der Waals surface area contributed by atoms with Crippen LogP contribution in [0.1, 0.15) is 11.4 Å². The number of fused-ring (bicyclic) bond motifs is 1. The first-order chi connectivity index (χ1) is 14.5. The van der Waals surface area contributed by atoms with E-state index in [1.165, 1.54) is 9.20 Å². The van der Waals surface area contributed by atoms with E-state index >= 15 is 0 Å². The third-order valence-corrected chi connectivity index (χ3v) is 4.75. The van der Waals surface area contributed by atoms with Crippen molar-refractivity contribution >= 4 is 11.4 Å². The number of carbonyl (C=O) groups is 1. The summed E-state index contributed by atoms with van der Waals surface area (Å²) in [6, 6.07) is 18.7. The second-order valence-electron chi connectivity index (χ2n) is 6.83. The Kier molecular flexibility index (Phi) is 5.30. The van der Waals surface area contributed by atoms with Crippen molar-refractivity contribution in [2.75, 3.05) is 7.11 Å². The molecule has 1 amide bonds. The van der Waals surface area contributed by atoms with Crippen LogP contribution in [0.3, 0.4) is 0 Å². The molecule has 0 aliphatic heterocycles. The molecule has 152 valence electrons. The summed E-state index contributed by atoms with van der Waals surface area (Å²) in [5.41, 5.74) is 2.47. The first-order valence-electron chi connectivity index (χ1n) is 9.47. The van der Waals surface area contributed by atoms with E-state index in [-0.39, 0.29) is 18.0 Å². The summed E-state index contributed by atoms with van der Waals surface area (Å²) >= 11 is 0. The molecule has 0 unspecified atom stereocenters. The molecule has 0 fully saturated rings. The maximum absolute atomic E-state index is 12.9. The molecule has 0 radical (unpaired) electrons. The maximum Gasteiger partial charge on any atom is 0.293 e. The second-order valence-corrected chi connectivity index (χ2v) is 6.83. The molecule has 0 spiro atoms. The van der Waals surface area contributed by atoms with E-state index in [1.807, 2.05) is 54.6 Å². The topological polar surface area (TPSA) is 90.5 Å². The Morgan fingerprint density at radius 3 is 2.50 bits per heavy atom. The van der Waals surface area contributed by atoms with Gasteiger partial charge in [0.1, 0.15) is 23.6 Å². The molecule has 0 aliphatic rings. The van der Waals surface area contributed by atoms with Gasteiger partial charge in [0.15, 0.2) is 0 Å². The zero-order valence-electron chi connectivity index (χ0n) is 16.7. The van der Waals surface area contributed by atoms with Crippen LogP contribution in [0.25, 0.3) is 16.8 Å². The van der Waals surface area contributed by atoms with Crippen LogP contribution in [-0.2, 0) is 17.9 Å². The number of methoxy groups -OCH3 is 1. The lowest BCUT2D eigenvalue weighted by atomic mass is 10.1. The van der Waals surface area contributed by atoms with Gasteiger partial charge in [-0.05, 0) is 42.8 Å². The molecule has 8 nitrogen and oxygen atoms in total. The third-order valence-electron chi connectivity index (χ3n) is 4.75. The molecule has 0 saturated heterocycles. The Morgan fingerprint density at radius 2 is 1.80 bits per heavy atom.